The zero-order valence-electron chi connectivity index (χ0n) is 11.9. The number of hydrogen-bond donors (Lipinski definition) is 1. The normalized spacial score (nSPS) is 16.5. The lowest BCUT2D eigenvalue weighted by Crippen LogP contribution is -2.34. The van der Waals surface area contributed by atoms with Crippen LogP contribution in [0.15, 0.2) is 53.5 Å². The topological polar surface area (TPSA) is 41.5 Å². The Kier molecular flexibility index (Phi) is 3.30. The highest BCUT2D eigenvalue weighted by atomic mass is 35.5. The van der Waals surface area contributed by atoms with Gasteiger partial charge < -0.3 is 5.32 Å². The van der Waals surface area contributed by atoms with Crippen LogP contribution in [-0.4, -0.2) is 17.2 Å². The fourth-order valence-corrected chi connectivity index (χ4v) is 2.48. The molecule has 4 heteroatoms. The van der Waals surface area contributed by atoms with E-state index in [9.17, 15) is 4.79 Å². The van der Waals surface area contributed by atoms with E-state index in [1.807, 2.05) is 42.5 Å². The van der Waals surface area contributed by atoms with Gasteiger partial charge in [-0.15, -0.1) is 0 Å². The number of anilines is 1. The molecule has 2 aromatic carbocycles. The van der Waals surface area contributed by atoms with E-state index in [4.69, 9.17) is 11.6 Å². The fourth-order valence-electron chi connectivity index (χ4n) is 2.30. The number of carbonyl (C=O) groups is 1. The van der Waals surface area contributed by atoms with Gasteiger partial charge in [0.1, 0.15) is 5.54 Å². The molecule has 1 amide bonds. The van der Waals surface area contributed by atoms with Gasteiger partial charge in [-0.25, -0.2) is 0 Å². The Hall–Kier alpha value is -2.13. The molecule has 2 aromatic rings. The third-order valence-electron chi connectivity index (χ3n) is 3.48. The maximum atomic E-state index is 12.3. The van der Waals surface area contributed by atoms with Gasteiger partial charge in [0.15, 0.2) is 0 Å². The average Bonchev–Trinajstić information content (AvgIpc) is 2.56. The molecule has 0 radical (unpaired) electrons. The molecular weight excluding hydrogens is 284 g/mol. The molecule has 0 aromatic heterocycles. The zero-order valence-corrected chi connectivity index (χ0v) is 12.6. The summed E-state index contributed by atoms with van der Waals surface area (Å²) >= 11 is 6.12. The van der Waals surface area contributed by atoms with Crippen molar-refractivity contribution in [2.45, 2.75) is 19.4 Å². The third kappa shape index (κ3) is 2.57. The number of halogens is 1. The quantitative estimate of drug-likeness (QED) is 0.852. The van der Waals surface area contributed by atoms with Crippen LogP contribution < -0.4 is 5.32 Å². The summed E-state index contributed by atoms with van der Waals surface area (Å²) in [5.41, 5.74) is 2.48. The van der Waals surface area contributed by atoms with Crippen LogP contribution in [0.1, 0.15) is 25.0 Å². The van der Waals surface area contributed by atoms with Crippen LogP contribution in [0.25, 0.3) is 0 Å². The predicted molar refractivity (Wildman–Crippen MR) is 86.2 cm³/mol. The van der Waals surface area contributed by atoms with Crippen LogP contribution in [0, 0.1) is 0 Å². The van der Waals surface area contributed by atoms with E-state index < -0.39 is 5.54 Å². The molecule has 1 aliphatic rings. The number of carbonyl (C=O) groups excluding carboxylic acids is 1. The van der Waals surface area contributed by atoms with Gasteiger partial charge in [-0.2, -0.15) is 0 Å². The number of fused-ring (bicyclic) bond motifs is 1. The van der Waals surface area contributed by atoms with Crippen molar-refractivity contribution in [2.24, 2.45) is 4.99 Å². The lowest BCUT2D eigenvalue weighted by molar-refractivity contribution is -0.119. The second-order valence-electron chi connectivity index (χ2n) is 5.53. The maximum Gasteiger partial charge on any atom is 0.251 e. The van der Waals surface area contributed by atoms with E-state index in [0.29, 0.717) is 5.02 Å². The monoisotopic (exact) mass is 298 g/mol. The van der Waals surface area contributed by atoms with E-state index >= 15 is 0 Å². The minimum absolute atomic E-state index is 0.128. The summed E-state index contributed by atoms with van der Waals surface area (Å²) in [5.74, 6) is -0.128. The third-order valence-corrected chi connectivity index (χ3v) is 3.71. The van der Waals surface area contributed by atoms with Crippen molar-refractivity contribution in [3.05, 3.63) is 64.7 Å². The van der Waals surface area contributed by atoms with Gasteiger partial charge in [-0.3, -0.25) is 9.79 Å². The van der Waals surface area contributed by atoms with E-state index in [1.54, 1.807) is 19.9 Å². The highest BCUT2D eigenvalue weighted by molar-refractivity contribution is 6.32. The average molecular weight is 299 g/mol. The summed E-state index contributed by atoms with van der Waals surface area (Å²) in [6.07, 6.45) is 0. The number of benzene rings is 2. The minimum Gasteiger partial charge on any atom is -0.323 e. The number of nitrogens with one attached hydrogen (secondary N) is 1. The predicted octanol–water partition coefficient (Wildman–Crippen LogP) is 3.91. The number of rotatable bonds is 1. The Morgan fingerprint density at radius 2 is 1.81 bits per heavy atom. The lowest BCUT2D eigenvalue weighted by atomic mass is 10.00. The molecule has 0 atom stereocenters. The number of hydrogen-bond acceptors (Lipinski definition) is 2. The van der Waals surface area contributed by atoms with Gasteiger partial charge in [0, 0.05) is 16.1 Å². The summed E-state index contributed by atoms with van der Waals surface area (Å²) in [5, 5.41) is 3.54. The van der Waals surface area contributed by atoms with Crippen LogP contribution in [0.3, 0.4) is 0 Å². The largest absolute Gasteiger partial charge is 0.323 e. The molecule has 1 heterocycles. The second kappa shape index (κ2) is 5.01. The Labute approximate surface area is 128 Å². The van der Waals surface area contributed by atoms with Gasteiger partial charge in [0.05, 0.1) is 11.4 Å². The van der Waals surface area contributed by atoms with E-state index in [0.717, 1.165) is 22.5 Å². The molecule has 3 rings (SSSR count). The molecule has 0 saturated heterocycles. The van der Waals surface area contributed by atoms with E-state index in [2.05, 4.69) is 10.3 Å². The Morgan fingerprint density at radius 1 is 1.10 bits per heavy atom. The van der Waals surface area contributed by atoms with Crippen LogP contribution in [0.2, 0.25) is 5.02 Å². The molecule has 1 N–H and O–H groups in total. The minimum atomic E-state index is -0.837. The maximum absolute atomic E-state index is 12.3. The van der Waals surface area contributed by atoms with Gasteiger partial charge >= 0.3 is 0 Å². The number of nitrogens with zero attached hydrogens (tertiary/aromatic N) is 1. The smallest absolute Gasteiger partial charge is 0.251 e. The summed E-state index contributed by atoms with van der Waals surface area (Å²) in [6.45, 7) is 3.61. The lowest BCUT2D eigenvalue weighted by Gasteiger charge is -2.17. The highest BCUT2D eigenvalue weighted by Gasteiger charge is 2.32. The van der Waals surface area contributed by atoms with Crippen LogP contribution in [0.4, 0.5) is 5.69 Å². The molecular formula is C17H15ClN2O. The van der Waals surface area contributed by atoms with Crippen LogP contribution >= 0.6 is 11.6 Å². The van der Waals surface area contributed by atoms with Crippen molar-refractivity contribution in [3.63, 3.8) is 0 Å². The molecule has 0 saturated carbocycles. The van der Waals surface area contributed by atoms with Gasteiger partial charge in [-0.05, 0) is 32.0 Å². The Balaban J connectivity index is 2.28. The van der Waals surface area contributed by atoms with Crippen molar-refractivity contribution in [1.29, 1.82) is 0 Å². The molecule has 0 unspecified atom stereocenters. The number of aliphatic imine (C=N–C) groups is 1. The SMILES string of the molecule is CC1(C)N=C(c2ccccc2)c2cc(Cl)ccc2NC1=O. The van der Waals surface area contributed by atoms with Crippen molar-refractivity contribution >= 4 is 28.9 Å². The Bertz CT molecular complexity index is 736. The van der Waals surface area contributed by atoms with Crippen molar-refractivity contribution in [3.8, 4) is 0 Å². The highest BCUT2D eigenvalue weighted by Crippen LogP contribution is 2.29. The standard InChI is InChI=1S/C17H15ClN2O/c1-17(2)16(21)19-14-9-8-12(18)10-13(14)15(20-17)11-6-4-3-5-7-11/h3-10H,1-2H3,(H,19,21). The molecule has 21 heavy (non-hydrogen) atoms. The molecule has 0 spiro atoms. The second-order valence-corrected chi connectivity index (χ2v) is 5.97. The van der Waals surface area contributed by atoms with E-state index in [-0.39, 0.29) is 5.91 Å². The molecule has 106 valence electrons. The van der Waals surface area contributed by atoms with Crippen molar-refractivity contribution in [2.75, 3.05) is 5.32 Å². The first-order valence-electron chi connectivity index (χ1n) is 6.74. The van der Waals surface area contributed by atoms with Crippen LogP contribution in [0.5, 0.6) is 0 Å². The molecule has 1 aliphatic heterocycles. The van der Waals surface area contributed by atoms with E-state index in [1.165, 1.54) is 0 Å². The summed E-state index contributed by atoms with van der Waals surface area (Å²) in [4.78, 5) is 17.0. The zero-order chi connectivity index (χ0) is 15.0. The van der Waals surface area contributed by atoms with Gasteiger partial charge in [0.2, 0.25) is 0 Å². The van der Waals surface area contributed by atoms with Crippen LogP contribution in [-0.2, 0) is 4.79 Å². The molecule has 0 bridgehead atoms. The van der Waals surface area contributed by atoms with Crippen molar-refractivity contribution in [1.82, 2.24) is 0 Å². The number of benzodiazepines with no additional fused rings is 1. The molecule has 0 fully saturated rings. The van der Waals surface area contributed by atoms with Gasteiger partial charge in [0.25, 0.3) is 5.91 Å². The summed E-state index contributed by atoms with van der Waals surface area (Å²) < 4.78 is 0. The molecule has 3 nitrogen and oxygen atoms in total. The van der Waals surface area contributed by atoms with Gasteiger partial charge in [-0.1, -0.05) is 41.9 Å². The fraction of sp³-hybridized carbons (Fsp3) is 0.176. The summed E-state index contributed by atoms with van der Waals surface area (Å²) in [7, 11) is 0. The molecule has 0 aliphatic carbocycles. The first-order valence-corrected chi connectivity index (χ1v) is 7.12. The number of amides is 1. The first kappa shape index (κ1) is 13.8. The first-order chi connectivity index (χ1) is 9.97. The summed E-state index contributed by atoms with van der Waals surface area (Å²) in [6, 6.07) is 15.2. The van der Waals surface area contributed by atoms with Crippen molar-refractivity contribution < 1.29 is 4.79 Å². The Morgan fingerprint density at radius 3 is 2.52 bits per heavy atom.